The van der Waals surface area contributed by atoms with Crippen molar-refractivity contribution in [2.75, 3.05) is 11.1 Å². The van der Waals surface area contributed by atoms with Crippen molar-refractivity contribution >= 4 is 17.4 Å². The molecule has 0 radical (unpaired) electrons. The number of hydrogen-bond acceptors (Lipinski definition) is 4. The number of anilines is 2. The van der Waals surface area contributed by atoms with Gasteiger partial charge < -0.3 is 11.1 Å². The van der Waals surface area contributed by atoms with Crippen molar-refractivity contribution in [1.29, 1.82) is 0 Å². The molecule has 94 valence electrons. The smallest absolute Gasteiger partial charge is 0.259 e. The number of aromatic nitrogens is 3. The Kier molecular flexibility index (Phi) is 3.27. The van der Waals surface area contributed by atoms with Crippen LogP contribution in [0.25, 0.3) is 0 Å². The van der Waals surface area contributed by atoms with Crippen LogP contribution in [0, 0.1) is 0 Å². The summed E-state index contributed by atoms with van der Waals surface area (Å²) in [6, 6.07) is 3.35. The number of nitrogens with one attached hydrogen (secondary N) is 1. The van der Waals surface area contributed by atoms with E-state index in [1.165, 1.54) is 6.20 Å². The SMILES string of the molecule is CCc1nn(C)cc1C(=O)Nc1ccc(N)nc1. The predicted molar refractivity (Wildman–Crippen MR) is 69.2 cm³/mol. The van der Waals surface area contributed by atoms with Crippen molar-refractivity contribution in [2.24, 2.45) is 7.05 Å². The van der Waals surface area contributed by atoms with Crippen LogP contribution in [0.1, 0.15) is 23.0 Å². The molecule has 2 rings (SSSR count). The van der Waals surface area contributed by atoms with Gasteiger partial charge >= 0.3 is 0 Å². The number of nitrogens with zero attached hydrogens (tertiary/aromatic N) is 3. The molecule has 0 unspecified atom stereocenters. The van der Waals surface area contributed by atoms with E-state index in [2.05, 4.69) is 15.4 Å². The van der Waals surface area contributed by atoms with E-state index in [0.29, 0.717) is 23.5 Å². The van der Waals surface area contributed by atoms with Gasteiger partial charge in [-0.25, -0.2) is 4.98 Å². The molecule has 2 aromatic rings. The average molecular weight is 245 g/mol. The second-order valence-electron chi connectivity index (χ2n) is 3.94. The van der Waals surface area contributed by atoms with Crippen LogP contribution in [-0.2, 0) is 13.5 Å². The molecule has 18 heavy (non-hydrogen) atoms. The maximum absolute atomic E-state index is 12.1. The van der Waals surface area contributed by atoms with E-state index in [1.54, 1.807) is 30.1 Å². The third-order valence-electron chi connectivity index (χ3n) is 2.53. The zero-order chi connectivity index (χ0) is 13.1. The highest BCUT2D eigenvalue weighted by Gasteiger charge is 2.14. The third kappa shape index (κ3) is 2.48. The molecule has 0 bridgehead atoms. The molecular weight excluding hydrogens is 230 g/mol. The second-order valence-corrected chi connectivity index (χ2v) is 3.94. The van der Waals surface area contributed by atoms with E-state index in [-0.39, 0.29) is 5.91 Å². The highest BCUT2D eigenvalue weighted by atomic mass is 16.1. The average Bonchev–Trinajstić information content (AvgIpc) is 2.73. The van der Waals surface area contributed by atoms with Gasteiger partial charge in [-0.1, -0.05) is 6.92 Å². The van der Waals surface area contributed by atoms with Gasteiger partial charge in [0.2, 0.25) is 0 Å². The van der Waals surface area contributed by atoms with Crippen LogP contribution in [-0.4, -0.2) is 20.7 Å². The Balaban J connectivity index is 2.19. The molecule has 0 atom stereocenters. The van der Waals surface area contributed by atoms with Gasteiger partial charge in [0.25, 0.3) is 5.91 Å². The largest absolute Gasteiger partial charge is 0.384 e. The quantitative estimate of drug-likeness (QED) is 0.851. The zero-order valence-electron chi connectivity index (χ0n) is 10.3. The molecule has 0 saturated heterocycles. The lowest BCUT2D eigenvalue weighted by molar-refractivity contribution is 0.102. The number of carbonyl (C=O) groups excluding carboxylic acids is 1. The first-order chi connectivity index (χ1) is 8.60. The summed E-state index contributed by atoms with van der Waals surface area (Å²) >= 11 is 0. The zero-order valence-corrected chi connectivity index (χ0v) is 10.3. The molecule has 0 aromatic carbocycles. The number of pyridine rings is 1. The molecule has 6 heteroatoms. The van der Waals surface area contributed by atoms with Crippen molar-refractivity contribution in [3.63, 3.8) is 0 Å². The van der Waals surface area contributed by atoms with Crippen molar-refractivity contribution in [3.8, 4) is 0 Å². The van der Waals surface area contributed by atoms with E-state index >= 15 is 0 Å². The third-order valence-corrected chi connectivity index (χ3v) is 2.53. The lowest BCUT2D eigenvalue weighted by Gasteiger charge is -2.04. The monoisotopic (exact) mass is 245 g/mol. The highest BCUT2D eigenvalue weighted by Crippen LogP contribution is 2.12. The van der Waals surface area contributed by atoms with Gasteiger partial charge in [-0.2, -0.15) is 5.10 Å². The van der Waals surface area contributed by atoms with E-state index < -0.39 is 0 Å². The minimum absolute atomic E-state index is 0.188. The Morgan fingerprint density at radius 3 is 2.89 bits per heavy atom. The molecule has 2 heterocycles. The molecule has 3 N–H and O–H groups in total. The molecule has 0 saturated carbocycles. The number of nitrogens with two attached hydrogens (primary N) is 1. The van der Waals surface area contributed by atoms with Gasteiger partial charge in [-0.15, -0.1) is 0 Å². The molecule has 0 aliphatic rings. The van der Waals surface area contributed by atoms with Crippen molar-refractivity contribution in [2.45, 2.75) is 13.3 Å². The lowest BCUT2D eigenvalue weighted by atomic mass is 10.2. The number of aryl methyl sites for hydroxylation is 2. The fraction of sp³-hybridized carbons (Fsp3) is 0.250. The van der Waals surface area contributed by atoms with Gasteiger partial charge in [-0.05, 0) is 18.6 Å². The topological polar surface area (TPSA) is 85.8 Å². The Morgan fingerprint density at radius 1 is 1.50 bits per heavy atom. The van der Waals surface area contributed by atoms with Crippen LogP contribution in [0.3, 0.4) is 0 Å². The Morgan fingerprint density at radius 2 is 2.28 bits per heavy atom. The van der Waals surface area contributed by atoms with Crippen molar-refractivity contribution in [3.05, 3.63) is 35.8 Å². The van der Waals surface area contributed by atoms with Crippen LogP contribution in [0.15, 0.2) is 24.5 Å². The molecule has 0 aliphatic heterocycles. The fourth-order valence-electron chi connectivity index (χ4n) is 1.66. The Bertz CT molecular complexity index is 558. The summed E-state index contributed by atoms with van der Waals surface area (Å²) < 4.78 is 1.63. The fourth-order valence-corrected chi connectivity index (χ4v) is 1.66. The first kappa shape index (κ1) is 12.1. The molecule has 0 spiro atoms. The molecular formula is C12H15N5O. The van der Waals surface area contributed by atoms with Crippen LogP contribution in [0.2, 0.25) is 0 Å². The standard InChI is InChI=1S/C12H15N5O/c1-3-10-9(7-17(2)16-10)12(18)15-8-4-5-11(13)14-6-8/h4-7H,3H2,1-2H3,(H2,13,14)(H,15,18). The minimum Gasteiger partial charge on any atom is -0.384 e. The van der Waals surface area contributed by atoms with Gasteiger partial charge in [0.1, 0.15) is 5.82 Å². The second kappa shape index (κ2) is 4.87. The Hall–Kier alpha value is -2.37. The molecule has 0 aliphatic carbocycles. The predicted octanol–water partition coefficient (Wildman–Crippen LogP) is 1.21. The summed E-state index contributed by atoms with van der Waals surface area (Å²) in [4.78, 5) is 16.0. The first-order valence-corrected chi connectivity index (χ1v) is 5.65. The summed E-state index contributed by atoms with van der Waals surface area (Å²) in [5.41, 5.74) is 7.45. The molecule has 0 fully saturated rings. The normalized spacial score (nSPS) is 10.3. The molecule has 6 nitrogen and oxygen atoms in total. The van der Waals surface area contributed by atoms with Crippen LogP contribution in [0.5, 0.6) is 0 Å². The van der Waals surface area contributed by atoms with Gasteiger partial charge in [0, 0.05) is 13.2 Å². The van der Waals surface area contributed by atoms with Gasteiger partial charge in [0.15, 0.2) is 0 Å². The molecule has 2 aromatic heterocycles. The summed E-state index contributed by atoms with van der Waals surface area (Å²) in [6.07, 6.45) is 3.94. The van der Waals surface area contributed by atoms with Gasteiger partial charge in [0.05, 0.1) is 23.1 Å². The van der Waals surface area contributed by atoms with E-state index in [4.69, 9.17) is 5.73 Å². The van der Waals surface area contributed by atoms with E-state index in [1.807, 2.05) is 6.92 Å². The van der Waals surface area contributed by atoms with E-state index in [9.17, 15) is 4.79 Å². The van der Waals surface area contributed by atoms with Crippen LogP contribution in [0.4, 0.5) is 11.5 Å². The van der Waals surface area contributed by atoms with E-state index in [0.717, 1.165) is 5.69 Å². The Labute approximate surface area is 105 Å². The van der Waals surface area contributed by atoms with Crippen molar-refractivity contribution < 1.29 is 4.79 Å². The maximum Gasteiger partial charge on any atom is 0.259 e. The maximum atomic E-state index is 12.1. The highest BCUT2D eigenvalue weighted by molar-refractivity contribution is 6.04. The molecule has 1 amide bonds. The van der Waals surface area contributed by atoms with Gasteiger partial charge in [-0.3, -0.25) is 9.48 Å². The van der Waals surface area contributed by atoms with Crippen LogP contribution < -0.4 is 11.1 Å². The number of nitrogen functional groups attached to an aromatic ring is 1. The number of rotatable bonds is 3. The number of hydrogen-bond donors (Lipinski definition) is 2. The minimum atomic E-state index is -0.188. The lowest BCUT2D eigenvalue weighted by Crippen LogP contribution is -2.13. The first-order valence-electron chi connectivity index (χ1n) is 5.65. The summed E-state index contributed by atoms with van der Waals surface area (Å²) in [7, 11) is 1.79. The number of carbonyl (C=O) groups is 1. The van der Waals surface area contributed by atoms with Crippen LogP contribution >= 0.6 is 0 Å². The summed E-state index contributed by atoms with van der Waals surface area (Å²) in [5, 5.41) is 6.99. The van der Waals surface area contributed by atoms with Crippen molar-refractivity contribution in [1.82, 2.24) is 14.8 Å². The summed E-state index contributed by atoms with van der Waals surface area (Å²) in [6.45, 7) is 1.96. The summed E-state index contributed by atoms with van der Waals surface area (Å²) in [5.74, 6) is 0.232. The number of amides is 1.